The fourth-order valence-electron chi connectivity index (χ4n) is 1.75. The molecule has 3 N–H and O–H groups in total. The van der Waals surface area contributed by atoms with Crippen molar-refractivity contribution in [2.75, 3.05) is 6.61 Å². The van der Waals surface area contributed by atoms with Gasteiger partial charge in [0.25, 0.3) is 0 Å². The Morgan fingerprint density at radius 1 is 1.07 bits per heavy atom. The Morgan fingerprint density at radius 3 is 2.43 bits per heavy atom. The zero-order chi connectivity index (χ0) is 10.3. The minimum atomic E-state index is -1.14. The molecule has 82 valence electrons. The van der Waals surface area contributed by atoms with Crippen molar-refractivity contribution in [3.63, 3.8) is 0 Å². The van der Waals surface area contributed by atoms with Crippen LogP contribution in [0.2, 0.25) is 0 Å². The topological polar surface area (TPSA) is 88.4 Å². The van der Waals surface area contributed by atoms with Crippen molar-refractivity contribution in [2.24, 2.45) is 0 Å². The van der Waals surface area contributed by atoms with Gasteiger partial charge in [-0.1, -0.05) is 0 Å². The predicted octanol–water partition coefficient (Wildman–Crippen LogP) is -1.81. The van der Waals surface area contributed by atoms with E-state index in [1.165, 1.54) is 0 Å². The third-order valence-corrected chi connectivity index (χ3v) is 2.50. The molecule has 0 aliphatic carbocycles. The monoisotopic (exact) mass is 206 g/mol. The Balaban J connectivity index is 2.09. The summed E-state index contributed by atoms with van der Waals surface area (Å²) in [7, 11) is 0. The number of hydrogen-bond donors (Lipinski definition) is 3. The fourth-order valence-corrected chi connectivity index (χ4v) is 1.75. The van der Waals surface area contributed by atoms with E-state index in [2.05, 4.69) is 0 Å². The van der Waals surface area contributed by atoms with Crippen LogP contribution in [0.25, 0.3) is 0 Å². The summed E-state index contributed by atoms with van der Waals surface area (Å²) in [4.78, 5) is 0. The third-order valence-electron chi connectivity index (χ3n) is 2.50. The lowest BCUT2D eigenvalue weighted by molar-refractivity contribution is -0.252. The minimum absolute atomic E-state index is 0.362. The maximum atomic E-state index is 9.62. The van der Waals surface area contributed by atoms with E-state index in [9.17, 15) is 10.2 Å². The zero-order valence-corrected chi connectivity index (χ0v) is 7.74. The molecule has 2 aliphatic heterocycles. The summed E-state index contributed by atoms with van der Waals surface area (Å²) in [6.45, 7) is 1.31. The highest BCUT2D eigenvalue weighted by Gasteiger charge is 2.50. The first-order valence-corrected chi connectivity index (χ1v) is 4.57. The summed E-state index contributed by atoms with van der Waals surface area (Å²) in [5, 5.41) is 28.0. The summed E-state index contributed by atoms with van der Waals surface area (Å²) < 4.78 is 15.6. The Morgan fingerprint density at radius 2 is 1.79 bits per heavy atom. The van der Waals surface area contributed by atoms with Crippen molar-refractivity contribution >= 4 is 0 Å². The van der Waals surface area contributed by atoms with Crippen LogP contribution >= 0.6 is 0 Å². The molecule has 0 radical (unpaired) electrons. The van der Waals surface area contributed by atoms with Crippen LogP contribution in [0.1, 0.15) is 6.92 Å². The van der Waals surface area contributed by atoms with Crippen LogP contribution in [0, 0.1) is 0 Å². The number of fused-ring (bicyclic) bond motifs is 1. The highest BCUT2D eigenvalue weighted by Crippen LogP contribution is 2.30. The number of ether oxygens (including phenoxy) is 3. The Hall–Kier alpha value is -0.240. The van der Waals surface area contributed by atoms with Crippen molar-refractivity contribution in [1.82, 2.24) is 0 Å². The number of rotatable bonds is 1. The molecule has 6 atom stereocenters. The molecule has 0 aromatic rings. The smallest absolute Gasteiger partial charge is 0.190 e. The van der Waals surface area contributed by atoms with E-state index in [1.807, 2.05) is 0 Å². The molecule has 6 nitrogen and oxygen atoms in total. The SMILES string of the molecule is C[C@H]1O[C@@H]2O[C@@H](CO)[C@@H](O)[C@H](O)[C@@H]2O1. The largest absolute Gasteiger partial charge is 0.394 e. The summed E-state index contributed by atoms with van der Waals surface area (Å²) in [6, 6.07) is 0. The number of aliphatic hydroxyl groups excluding tert-OH is 3. The van der Waals surface area contributed by atoms with Gasteiger partial charge in [0.1, 0.15) is 24.4 Å². The molecule has 0 amide bonds. The van der Waals surface area contributed by atoms with Crippen molar-refractivity contribution < 1.29 is 29.5 Å². The second-order valence-corrected chi connectivity index (χ2v) is 3.51. The quantitative estimate of drug-likeness (QED) is 0.468. The molecule has 0 aromatic carbocycles. The van der Waals surface area contributed by atoms with Gasteiger partial charge in [0.15, 0.2) is 12.6 Å². The summed E-state index contributed by atoms with van der Waals surface area (Å²) >= 11 is 0. The second kappa shape index (κ2) is 3.73. The van der Waals surface area contributed by atoms with Gasteiger partial charge in [-0.25, -0.2) is 0 Å². The first kappa shape index (κ1) is 10.3. The molecule has 2 saturated heterocycles. The van der Waals surface area contributed by atoms with Crippen molar-refractivity contribution in [3.05, 3.63) is 0 Å². The maximum Gasteiger partial charge on any atom is 0.190 e. The van der Waals surface area contributed by atoms with E-state index in [1.54, 1.807) is 6.92 Å². The summed E-state index contributed by atoms with van der Waals surface area (Å²) in [5.74, 6) is 0. The van der Waals surface area contributed by atoms with Crippen LogP contribution in [-0.4, -0.2) is 58.9 Å². The summed E-state index contributed by atoms with van der Waals surface area (Å²) in [5.41, 5.74) is 0. The Bertz CT molecular complexity index is 208. The van der Waals surface area contributed by atoms with Crippen LogP contribution in [0.15, 0.2) is 0 Å². The Labute approximate surface area is 81.0 Å². The second-order valence-electron chi connectivity index (χ2n) is 3.51. The molecular formula is C8H14O6. The zero-order valence-electron chi connectivity index (χ0n) is 7.74. The van der Waals surface area contributed by atoms with E-state index in [4.69, 9.17) is 19.3 Å². The molecule has 6 heteroatoms. The lowest BCUT2D eigenvalue weighted by atomic mass is 9.99. The third kappa shape index (κ3) is 1.54. The molecule has 0 unspecified atom stereocenters. The van der Waals surface area contributed by atoms with Crippen LogP contribution < -0.4 is 0 Å². The van der Waals surface area contributed by atoms with Crippen LogP contribution in [0.5, 0.6) is 0 Å². The van der Waals surface area contributed by atoms with E-state index in [0.29, 0.717) is 0 Å². The van der Waals surface area contributed by atoms with Crippen LogP contribution in [-0.2, 0) is 14.2 Å². The first-order chi connectivity index (χ1) is 6.63. The highest BCUT2D eigenvalue weighted by atomic mass is 16.8. The maximum absolute atomic E-state index is 9.62. The van der Waals surface area contributed by atoms with Gasteiger partial charge in [-0.3, -0.25) is 0 Å². The minimum Gasteiger partial charge on any atom is -0.394 e. The number of aliphatic hydroxyl groups is 3. The van der Waals surface area contributed by atoms with Gasteiger partial charge in [0.2, 0.25) is 0 Å². The van der Waals surface area contributed by atoms with Crippen molar-refractivity contribution in [1.29, 1.82) is 0 Å². The normalized spacial score (nSPS) is 53.1. The van der Waals surface area contributed by atoms with E-state index >= 15 is 0 Å². The molecule has 0 aromatic heterocycles. The molecular weight excluding hydrogens is 192 g/mol. The fraction of sp³-hybridized carbons (Fsp3) is 1.00. The van der Waals surface area contributed by atoms with Gasteiger partial charge in [-0.15, -0.1) is 0 Å². The van der Waals surface area contributed by atoms with Crippen LogP contribution in [0.3, 0.4) is 0 Å². The van der Waals surface area contributed by atoms with Gasteiger partial charge in [-0.2, -0.15) is 0 Å². The molecule has 2 heterocycles. The van der Waals surface area contributed by atoms with Crippen molar-refractivity contribution in [2.45, 2.75) is 43.9 Å². The van der Waals surface area contributed by atoms with E-state index in [-0.39, 0.29) is 6.61 Å². The molecule has 0 saturated carbocycles. The summed E-state index contributed by atoms with van der Waals surface area (Å²) in [6.07, 6.45) is -4.90. The van der Waals surface area contributed by atoms with Gasteiger partial charge < -0.3 is 29.5 Å². The first-order valence-electron chi connectivity index (χ1n) is 4.57. The molecule has 0 spiro atoms. The molecule has 2 aliphatic rings. The highest BCUT2D eigenvalue weighted by molar-refractivity contribution is 4.91. The van der Waals surface area contributed by atoms with Crippen molar-refractivity contribution in [3.8, 4) is 0 Å². The van der Waals surface area contributed by atoms with Gasteiger partial charge >= 0.3 is 0 Å². The molecule has 2 rings (SSSR count). The van der Waals surface area contributed by atoms with E-state index < -0.39 is 37.0 Å². The molecule has 2 fully saturated rings. The average molecular weight is 206 g/mol. The average Bonchev–Trinajstić information content (AvgIpc) is 2.52. The van der Waals surface area contributed by atoms with Crippen LogP contribution in [0.4, 0.5) is 0 Å². The lowest BCUT2D eigenvalue weighted by Crippen LogP contribution is -2.57. The van der Waals surface area contributed by atoms with E-state index in [0.717, 1.165) is 0 Å². The van der Waals surface area contributed by atoms with Gasteiger partial charge in [0, 0.05) is 0 Å². The van der Waals surface area contributed by atoms with Gasteiger partial charge in [0.05, 0.1) is 6.61 Å². The molecule has 14 heavy (non-hydrogen) atoms. The Kier molecular flexibility index (Phi) is 2.74. The van der Waals surface area contributed by atoms with Gasteiger partial charge in [-0.05, 0) is 6.92 Å². The predicted molar refractivity (Wildman–Crippen MR) is 43.2 cm³/mol. The number of hydrogen-bond acceptors (Lipinski definition) is 6. The standard InChI is InChI=1S/C8H14O6/c1-3-12-7-6(11)5(10)4(2-9)14-8(7)13-3/h3-11H,2H2,1H3/t3-,4+,5-,6+,7+,8-/m1/s1. The lowest BCUT2D eigenvalue weighted by Gasteiger charge is -2.36. The molecule has 0 bridgehead atoms.